The predicted molar refractivity (Wildman–Crippen MR) is 93.0 cm³/mol. The second kappa shape index (κ2) is 6.68. The summed E-state index contributed by atoms with van der Waals surface area (Å²) in [6, 6.07) is 6.25. The number of nitrogens with zero attached hydrogens (tertiary/aromatic N) is 1. The van der Waals surface area contributed by atoms with Crippen molar-refractivity contribution in [1.82, 2.24) is 4.57 Å². The number of ether oxygens (including phenoxy) is 2. The zero-order valence-electron chi connectivity index (χ0n) is 14.0. The number of halogens is 1. The first-order chi connectivity index (χ1) is 12.0. The summed E-state index contributed by atoms with van der Waals surface area (Å²) in [6.45, 7) is 1.73. The van der Waals surface area contributed by atoms with Crippen molar-refractivity contribution < 1.29 is 23.5 Å². The van der Waals surface area contributed by atoms with Gasteiger partial charge in [0, 0.05) is 17.1 Å². The van der Waals surface area contributed by atoms with Gasteiger partial charge in [0.1, 0.15) is 0 Å². The van der Waals surface area contributed by atoms with Crippen LogP contribution in [0.1, 0.15) is 20.9 Å². The Labute approximate surface area is 147 Å². The molecular formula is C18H16FNO4S. The Bertz CT molecular complexity index is 960. The fraction of sp³-hybridized carbons (Fsp3) is 0.222. The van der Waals surface area contributed by atoms with Gasteiger partial charge in [0.05, 0.1) is 31.0 Å². The highest BCUT2D eigenvalue weighted by Crippen LogP contribution is 2.33. The maximum atomic E-state index is 14.2. The van der Waals surface area contributed by atoms with Crippen LogP contribution in [0.3, 0.4) is 0 Å². The average Bonchev–Trinajstić information content (AvgIpc) is 3.21. The second-order valence-electron chi connectivity index (χ2n) is 5.44. The summed E-state index contributed by atoms with van der Waals surface area (Å²) in [5.74, 6) is -1.22. The summed E-state index contributed by atoms with van der Waals surface area (Å²) in [5, 5.41) is 2.39. The van der Waals surface area contributed by atoms with Gasteiger partial charge in [0.2, 0.25) is 0 Å². The van der Waals surface area contributed by atoms with E-state index in [9.17, 15) is 14.0 Å². The van der Waals surface area contributed by atoms with Crippen LogP contribution in [0, 0.1) is 12.7 Å². The van der Waals surface area contributed by atoms with Gasteiger partial charge >= 0.3 is 5.97 Å². The number of aromatic nitrogens is 1. The Hall–Kier alpha value is -2.67. The molecule has 7 heteroatoms. The molecule has 1 aromatic carbocycles. The predicted octanol–water partition coefficient (Wildman–Crippen LogP) is 3.56. The summed E-state index contributed by atoms with van der Waals surface area (Å²) in [7, 11) is 2.67. The molecule has 0 saturated carbocycles. The normalized spacial score (nSPS) is 10.9. The Balaban J connectivity index is 2.29. The first-order valence-electron chi connectivity index (χ1n) is 7.50. The third-order valence-electron chi connectivity index (χ3n) is 4.09. The van der Waals surface area contributed by atoms with Crippen LogP contribution in [-0.4, -0.2) is 30.7 Å². The van der Waals surface area contributed by atoms with Crippen LogP contribution in [0.5, 0.6) is 5.75 Å². The molecule has 0 radical (unpaired) electrons. The third-order valence-corrected chi connectivity index (χ3v) is 4.95. The molecule has 25 heavy (non-hydrogen) atoms. The van der Waals surface area contributed by atoms with Gasteiger partial charge in [-0.05, 0) is 30.0 Å². The van der Waals surface area contributed by atoms with Gasteiger partial charge in [-0.2, -0.15) is 0 Å². The average molecular weight is 361 g/mol. The van der Waals surface area contributed by atoms with Crippen LogP contribution in [0.2, 0.25) is 0 Å². The maximum absolute atomic E-state index is 14.2. The van der Waals surface area contributed by atoms with Crippen molar-refractivity contribution in [3.8, 4) is 5.75 Å². The number of rotatable bonds is 4. The van der Waals surface area contributed by atoms with Crippen LogP contribution in [0.25, 0.3) is 10.9 Å². The number of hydrogen-bond acceptors (Lipinski definition) is 5. The van der Waals surface area contributed by atoms with E-state index in [1.165, 1.54) is 42.3 Å². The molecule has 0 atom stereocenters. The molecule has 3 rings (SSSR count). The summed E-state index contributed by atoms with van der Waals surface area (Å²) in [4.78, 5) is 25.2. The van der Waals surface area contributed by atoms with Crippen molar-refractivity contribution in [3.05, 3.63) is 51.6 Å². The lowest BCUT2D eigenvalue weighted by atomic mass is 10.1. The Morgan fingerprint density at radius 1 is 1.28 bits per heavy atom. The van der Waals surface area contributed by atoms with Crippen molar-refractivity contribution in [2.45, 2.75) is 13.3 Å². The molecule has 0 N–H and O–H groups in total. The number of hydrogen-bond donors (Lipinski definition) is 0. The van der Waals surface area contributed by atoms with Crippen LogP contribution in [0.15, 0.2) is 29.6 Å². The van der Waals surface area contributed by atoms with E-state index in [0.29, 0.717) is 27.0 Å². The first kappa shape index (κ1) is 17.2. The zero-order chi connectivity index (χ0) is 18.1. The van der Waals surface area contributed by atoms with E-state index in [1.807, 2.05) is 0 Å². The van der Waals surface area contributed by atoms with Crippen LogP contribution >= 0.6 is 11.3 Å². The largest absolute Gasteiger partial charge is 0.494 e. The van der Waals surface area contributed by atoms with E-state index in [-0.39, 0.29) is 18.1 Å². The lowest BCUT2D eigenvalue weighted by molar-refractivity contribution is -0.139. The molecule has 0 spiro atoms. The lowest BCUT2D eigenvalue weighted by Crippen LogP contribution is -2.13. The molecule has 130 valence electrons. The maximum Gasteiger partial charge on any atom is 0.310 e. The number of fused-ring (bicyclic) bond motifs is 1. The molecule has 0 bridgehead atoms. The monoisotopic (exact) mass is 361 g/mol. The van der Waals surface area contributed by atoms with E-state index in [1.54, 1.807) is 24.4 Å². The van der Waals surface area contributed by atoms with Crippen LogP contribution in [0.4, 0.5) is 4.39 Å². The van der Waals surface area contributed by atoms with Crippen molar-refractivity contribution >= 4 is 34.1 Å². The van der Waals surface area contributed by atoms with Crippen molar-refractivity contribution in [2.75, 3.05) is 14.2 Å². The molecule has 3 aromatic rings. The number of esters is 1. The standard InChI is InChI=1S/C18H16FNO4S/c1-10-11(8-17(21)24-3)12-7-15(23-2)13(19)9-14(12)20(10)18(22)16-5-4-6-25-16/h4-7,9H,8H2,1-3H3. The number of methoxy groups -OCH3 is 2. The molecule has 0 aliphatic carbocycles. The number of thiophene rings is 1. The fourth-order valence-electron chi connectivity index (χ4n) is 2.85. The Kier molecular flexibility index (Phi) is 4.59. The fourth-order valence-corrected chi connectivity index (χ4v) is 3.50. The van der Waals surface area contributed by atoms with Crippen molar-refractivity contribution in [3.63, 3.8) is 0 Å². The Morgan fingerprint density at radius 2 is 2.04 bits per heavy atom. The zero-order valence-corrected chi connectivity index (χ0v) is 14.8. The van der Waals surface area contributed by atoms with Gasteiger partial charge in [0.25, 0.3) is 5.91 Å². The molecule has 2 heterocycles. The van der Waals surface area contributed by atoms with Gasteiger partial charge in [0.15, 0.2) is 11.6 Å². The van der Waals surface area contributed by atoms with Crippen molar-refractivity contribution in [2.24, 2.45) is 0 Å². The first-order valence-corrected chi connectivity index (χ1v) is 8.38. The number of benzene rings is 1. The minimum atomic E-state index is -0.572. The highest BCUT2D eigenvalue weighted by atomic mass is 32.1. The highest BCUT2D eigenvalue weighted by molar-refractivity contribution is 7.12. The molecule has 0 aliphatic rings. The third kappa shape index (κ3) is 2.91. The highest BCUT2D eigenvalue weighted by Gasteiger charge is 2.23. The molecule has 0 aliphatic heterocycles. The smallest absolute Gasteiger partial charge is 0.310 e. The van der Waals surface area contributed by atoms with Crippen LogP contribution < -0.4 is 4.74 Å². The SMILES string of the molecule is COC(=O)Cc1c(C)n(C(=O)c2cccs2)c2cc(F)c(OC)cc12. The van der Waals surface area contributed by atoms with Gasteiger partial charge in [-0.3, -0.25) is 14.2 Å². The van der Waals surface area contributed by atoms with Gasteiger partial charge in [-0.25, -0.2) is 4.39 Å². The van der Waals surface area contributed by atoms with Crippen LogP contribution in [-0.2, 0) is 16.0 Å². The molecule has 0 fully saturated rings. The molecule has 0 amide bonds. The topological polar surface area (TPSA) is 57.5 Å². The minimum Gasteiger partial charge on any atom is -0.494 e. The number of carbonyl (C=O) groups is 2. The quantitative estimate of drug-likeness (QED) is 0.667. The van der Waals surface area contributed by atoms with E-state index >= 15 is 0 Å². The lowest BCUT2D eigenvalue weighted by Gasteiger charge is -2.06. The van der Waals surface area contributed by atoms with E-state index in [0.717, 1.165) is 0 Å². The number of carbonyl (C=O) groups excluding carboxylic acids is 2. The molecular weight excluding hydrogens is 345 g/mol. The van der Waals surface area contributed by atoms with Gasteiger partial charge < -0.3 is 9.47 Å². The molecule has 0 unspecified atom stereocenters. The van der Waals surface area contributed by atoms with E-state index in [2.05, 4.69) is 0 Å². The summed E-state index contributed by atoms with van der Waals surface area (Å²) in [5.41, 5.74) is 1.59. The molecule has 0 saturated heterocycles. The minimum absolute atomic E-state index is 0.0155. The Morgan fingerprint density at radius 3 is 2.64 bits per heavy atom. The second-order valence-corrected chi connectivity index (χ2v) is 6.39. The van der Waals surface area contributed by atoms with Gasteiger partial charge in [-0.1, -0.05) is 6.07 Å². The summed E-state index contributed by atoms with van der Waals surface area (Å²) < 4.78 is 25.5. The summed E-state index contributed by atoms with van der Waals surface area (Å²) in [6.07, 6.45) is -0.0155. The van der Waals surface area contributed by atoms with Gasteiger partial charge in [-0.15, -0.1) is 11.3 Å². The molecule has 5 nitrogen and oxygen atoms in total. The van der Waals surface area contributed by atoms with E-state index < -0.39 is 11.8 Å². The summed E-state index contributed by atoms with van der Waals surface area (Å²) >= 11 is 1.30. The van der Waals surface area contributed by atoms with Crippen molar-refractivity contribution in [1.29, 1.82) is 0 Å². The van der Waals surface area contributed by atoms with E-state index in [4.69, 9.17) is 9.47 Å². The molecule has 2 aromatic heterocycles.